The second-order valence-corrected chi connectivity index (χ2v) is 16.2. The van der Waals surface area contributed by atoms with Gasteiger partial charge in [-0.15, -0.1) is 34.3 Å². The van der Waals surface area contributed by atoms with E-state index in [0.29, 0.717) is 0 Å². The lowest BCUT2D eigenvalue weighted by molar-refractivity contribution is 0.562. The zero-order valence-electron chi connectivity index (χ0n) is 8.33. The van der Waals surface area contributed by atoms with Gasteiger partial charge >= 0.3 is 0 Å². The van der Waals surface area contributed by atoms with Crippen LogP contribution >= 0.6 is 34.3 Å². The van der Waals surface area contributed by atoms with E-state index in [2.05, 4.69) is 19.6 Å². The molecule has 0 aromatic heterocycles. The molecule has 2 unspecified atom stereocenters. The maximum absolute atomic E-state index is 6.39. The van der Waals surface area contributed by atoms with Gasteiger partial charge in [-0.1, -0.05) is 0 Å². The standard InChI is InChI=1S/C7H15Cl3OSi2/c1-12(2,3)11-13(4,10)6-5-7(6,8)9/h6H,5H2,1-4H3. The van der Waals surface area contributed by atoms with Gasteiger partial charge in [0.1, 0.15) is 4.33 Å². The number of halogens is 3. The van der Waals surface area contributed by atoms with Crippen molar-refractivity contribution in [3.05, 3.63) is 0 Å². The van der Waals surface area contributed by atoms with Crippen LogP contribution in [0, 0.1) is 0 Å². The molecule has 0 amide bonds. The van der Waals surface area contributed by atoms with Crippen molar-refractivity contribution in [1.82, 2.24) is 0 Å². The second kappa shape index (κ2) is 3.39. The minimum Gasteiger partial charge on any atom is -0.445 e. The average Bonchev–Trinajstić information content (AvgIpc) is 2.33. The van der Waals surface area contributed by atoms with Crippen molar-refractivity contribution in [2.75, 3.05) is 0 Å². The van der Waals surface area contributed by atoms with Crippen LogP contribution in [0.2, 0.25) is 31.7 Å². The van der Waals surface area contributed by atoms with Crippen LogP contribution in [0.3, 0.4) is 0 Å². The normalized spacial score (nSPS) is 31.2. The van der Waals surface area contributed by atoms with E-state index in [9.17, 15) is 0 Å². The molecule has 1 saturated carbocycles. The van der Waals surface area contributed by atoms with Gasteiger partial charge < -0.3 is 4.12 Å². The fourth-order valence-corrected chi connectivity index (χ4v) is 13.3. The molecule has 0 N–H and O–H groups in total. The first kappa shape index (κ1) is 12.3. The van der Waals surface area contributed by atoms with E-state index >= 15 is 0 Å². The van der Waals surface area contributed by atoms with Gasteiger partial charge in [-0.25, -0.2) is 0 Å². The Kier molecular flexibility index (Phi) is 3.21. The third-order valence-corrected chi connectivity index (χ3v) is 10.6. The van der Waals surface area contributed by atoms with Crippen LogP contribution in [0.1, 0.15) is 6.42 Å². The highest BCUT2D eigenvalue weighted by molar-refractivity contribution is 7.20. The summed E-state index contributed by atoms with van der Waals surface area (Å²) in [4.78, 5) is 0. The zero-order valence-corrected chi connectivity index (χ0v) is 12.6. The molecule has 0 spiro atoms. The summed E-state index contributed by atoms with van der Waals surface area (Å²) < 4.78 is 5.35. The van der Waals surface area contributed by atoms with Crippen LogP contribution in [-0.4, -0.2) is 20.3 Å². The van der Waals surface area contributed by atoms with Crippen LogP contribution in [-0.2, 0) is 4.12 Å². The molecule has 0 bridgehead atoms. The summed E-state index contributed by atoms with van der Waals surface area (Å²) in [5.41, 5.74) is 0.191. The van der Waals surface area contributed by atoms with Gasteiger partial charge in [0.15, 0.2) is 8.32 Å². The number of alkyl halides is 2. The van der Waals surface area contributed by atoms with Crippen molar-refractivity contribution in [1.29, 1.82) is 0 Å². The SMILES string of the molecule is C[Si](C)(C)O[Si](C)(Cl)C1CC1(Cl)Cl. The van der Waals surface area contributed by atoms with Gasteiger partial charge in [-0.05, 0) is 32.6 Å². The van der Waals surface area contributed by atoms with Crippen LogP contribution in [0.4, 0.5) is 0 Å². The van der Waals surface area contributed by atoms with Gasteiger partial charge in [0.05, 0.1) is 0 Å². The van der Waals surface area contributed by atoms with E-state index in [1.165, 1.54) is 0 Å². The largest absolute Gasteiger partial charge is 0.445 e. The first-order valence-electron chi connectivity index (χ1n) is 4.31. The lowest BCUT2D eigenvalue weighted by atomic mass is 10.9. The fraction of sp³-hybridized carbons (Fsp3) is 1.00. The van der Waals surface area contributed by atoms with Crippen molar-refractivity contribution in [2.45, 2.75) is 42.5 Å². The molecule has 1 aliphatic carbocycles. The Balaban J connectivity index is 2.58. The van der Waals surface area contributed by atoms with Crippen molar-refractivity contribution in [2.24, 2.45) is 0 Å². The molecule has 78 valence electrons. The Morgan fingerprint density at radius 3 is 1.85 bits per heavy atom. The molecule has 0 saturated heterocycles. The molecule has 0 radical (unpaired) electrons. The lowest BCUT2D eigenvalue weighted by Gasteiger charge is -2.29. The molecule has 13 heavy (non-hydrogen) atoms. The third kappa shape index (κ3) is 3.39. The van der Waals surface area contributed by atoms with Gasteiger partial charge in [0.25, 0.3) is 7.63 Å². The number of rotatable bonds is 3. The lowest BCUT2D eigenvalue weighted by Crippen LogP contribution is -2.41. The fourth-order valence-electron chi connectivity index (χ4n) is 1.44. The number of hydrogen-bond acceptors (Lipinski definition) is 1. The maximum Gasteiger partial charge on any atom is 0.283 e. The maximum atomic E-state index is 6.39. The summed E-state index contributed by atoms with van der Waals surface area (Å²) in [6.07, 6.45) is 0.785. The van der Waals surface area contributed by atoms with E-state index in [1.54, 1.807) is 0 Å². The summed E-state index contributed by atoms with van der Waals surface area (Å²) in [6, 6.07) is 0. The van der Waals surface area contributed by atoms with Crippen LogP contribution in [0.25, 0.3) is 0 Å². The molecule has 1 aliphatic rings. The van der Waals surface area contributed by atoms with E-state index in [4.69, 9.17) is 38.4 Å². The van der Waals surface area contributed by atoms with Crippen molar-refractivity contribution in [3.8, 4) is 0 Å². The Morgan fingerprint density at radius 2 is 1.62 bits per heavy atom. The quantitative estimate of drug-likeness (QED) is 0.429. The summed E-state index contributed by atoms with van der Waals surface area (Å²) in [5, 5.41) is 0. The second-order valence-electron chi connectivity index (χ2n) is 4.72. The van der Waals surface area contributed by atoms with Gasteiger partial charge in [-0.3, -0.25) is 0 Å². The molecule has 2 atom stereocenters. The predicted molar refractivity (Wildman–Crippen MR) is 64.7 cm³/mol. The summed E-state index contributed by atoms with van der Waals surface area (Å²) in [6.45, 7) is 8.39. The van der Waals surface area contributed by atoms with Gasteiger partial charge in [-0.2, -0.15) is 0 Å². The van der Waals surface area contributed by atoms with Crippen LogP contribution in [0.15, 0.2) is 0 Å². The minimum atomic E-state index is -2.17. The van der Waals surface area contributed by atoms with E-state index in [0.717, 1.165) is 6.42 Å². The molecule has 0 heterocycles. The first-order valence-corrected chi connectivity index (χ1v) is 12.0. The van der Waals surface area contributed by atoms with Crippen LogP contribution < -0.4 is 0 Å². The highest BCUT2D eigenvalue weighted by atomic mass is 35.6. The molecule has 0 aromatic carbocycles. The molecule has 1 rings (SSSR count). The van der Waals surface area contributed by atoms with Crippen LogP contribution in [0.5, 0.6) is 0 Å². The molecular weight excluding hydrogens is 263 g/mol. The van der Waals surface area contributed by atoms with Crippen molar-refractivity contribution >= 4 is 50.2 Å². The van der Waals surface area contributed by atoms with E-state index in [1.807, 2.05) is 6.55 Å². The topological polar surface area (TPSA) is 9.23 Å². The Labute approximate surface area is 96.7 Å². The smallest absolute Gasteiger partial charge is 0.283 e. The van der Waals surface area contributed by atoms with Gasteiger partial charge in [0.2, 0.25) is 0 Å². The van der Waals surface area contributed by atoms with Crippen molar-refractivity contribution < 1.29 is 4.12 Å². The zero-order chi connectivity index (χ0) is 10.5. The highest BCUT2D eigenvalue weighted by Gasteiger charge is 2.63. The highest BCUT2D eigenvalue weighted by Crippen LogP contribution is 2.64. The number of hydrogen-bond donors (Lipinski definition) is 0. The average molecular weight is 278 g/mol. The van der Waals surface area contributed by atoms with Gasteiger partial charge in [0, 0.05) is 5.54 Å². The Morgan fingerprint density at radius 1 is 1.23 bits per heavy atom. The summed E-state index contributed by atoms with van der Waals surface area (Å²) in [7, 11) is -3.74. The molecular formula is C7H15Cl3OSi2. The molecule has 6 heteroatoms. The molecule has 0 aromatic rings. The Hall–Kier alpha value is 1.26. The summed E-state index contributed by atoms with van der Waals surface area (Å²) in [5.74, 6) is 0. The summed E-state index contributed by atoms with van der Waals surface area (Å²) >= 11 is 18.3. The molecule has 0 aliphatic heterocycles. The Bertz CT molecular complexity index is 212. The third-order valence-electron chi connectivity index (χ3n) is 1.95. The van der Waals surface area contributed by atoms with E-state index < -0.39 is 20.3 Å². The molecule has 1 nitrogen and oxygen atoms in total. The van der Waals surface area contributed by atoms with Crippen molar-refractivity contribution in [3.63, 3.8) is 0 Å². The predicted octanol–water partition coefficient (Wildman–Crippen LogP) is 4.10. The first-order chi connectivity index (χ1) is 5.55. The minimum absolute atomic E-state index is 0.191. The van der Waals surface area contributed by atoms with E-state index in [-0.39, 0.29) is 5.54 Å². The molecule has 1 fully saturated rings. The monoisotopic (exact) mass is 276 g/mol.